The third kappa shape index (κ3) is 2.63. The normalized spacial score (nSPS) is 10.7. The van der Waals surface area contributed by atoms with Crippen molar-refractivity contribution in [3.63, 3.8) is 0 Å². The van der Waals surface area contributed by atoms with Gasteiger partial charge in [0.25, 0.3) is 5.88 Å². The van der Waals surface area contributed by atoms with Gasteiger partial charge in [0.1, 0.15) is 0 Å². The average molecular weight is 237 g/mol. The van der Waals surface area contributed by atoms with Crippen LogP contribution in [0.3, 0.4) is 0 Å². The maximum absolute atomic E-state index is 5.55. The fourth-order valence-corrected chi connectivity index (χ4v) is 1.44. The minimum atomic E-state index is 0.460. The first-order valence-electron chi connectivity index (χ1n) is 5.27. The summed E-state index contributed by atoms with van der Waals surface area (Å²) < 4.78 is 12.3. The summed E-state index contributed by atoms with van der Waals surface area (Å²) in [6, 6.07) is 0. The highest BCUT2D eigenvalue weighted by atomic mass is 16.5. The van der Waals surface area contributed by atoms with Crippen molar-refractivity contribution < 1.29 is 9.47 Å². The van der Waals surface area contributed by atoms with Crippen molar-refractivity contribution in [3.05, 3.63) is 18.6 Å². The number of ether oxygens (including phenoxy) is 2. The Balaban J connectivity index is 2.16. The summed E-state index contributed by atoms with van der Waals surface area (Å²) in [7, 11) is 1.66. The number of methoxy groups -OCH3 is 1. The van der Waals surface area contributed by atoms with Crippen molar-refractivity contribution in [2.45, 2.75) is 6.42 Å². The Morgan fingerprint density at radius 3 is 3.12 bits per heavy atom. The fraction of sp³-hybridized carbons (Fsp3) is 0.400. The Bertz CT molecular complexity index is 485. The van der Waals surface area contributed by atoms with Gasteiger partial charge in [0.2, 0.25) is 5.65 Å². The highest BCUT2D eigenvalue weighted by molar-refractivity contribution is 5.53. The van der Waals surface area contributed by atoms with Crippen LogP contribution in [0.2, 0.25) is 0 Å². The van der Waals surface area contributed by atoms with E-state index in [2.05, 4.69) is 15.4 Å². The van der Waals surface area contributed by atoms with E-state index >= 15 is 0 Å². The van der Waals surface area contributed by atoms with E-state index in [0.29, 0.717) is 30.6 Å². The molecule has 2 aromatic heterocycles. The number of nitrogen functional groups attached to an aromatic ring is 1. The van der Waals surface area contributed by atoms with Gasteiger partial charge in [0.15, 0.2) is 5.82 Å². The molecule has 0 unspecified atom stereocenters. The van der Waals surface area contributed by atoms with Crippen molar-refractivity contribution in [2.24, 2.45) is 5.84 Å². The smallest absolute Gasteiger partial charge is 0.260 e. The predicted molar refractivity (Wildman–Crippen MR) is 62.8 cm³/mol. The number of aromatic nitrogens is 3. The van der Waals surface area contributed by atoms with Crippen LogP contribution in [0.25, 0.3) is 5.65 Å². The minimum Gasteiger partial charge on any atom is -0.475 e. The molecule has 7 heteroatoms. The third-order valence-corrected chi connectivity index (χ3v) is 2.22. The summed E-state index contributed by atoms with van der Waals surface area (Å²) >= 11 is 0. The van der Waals surface area contributed by atoms with E-state index in [1.165, 1.54) is 0 Å². The molecular formula is C10H15N5O2. The Morgan fingerprint density at radius 1 is 1.47 bits per heavy atom. The second-order valence-corrected chi connectivity index (χ2v) is 3.43. The lowest BCUT2D eigenvalue weighted by atomic mass is 10.5. The number of rotatable bonds is 6. The zero-order chi connectivity index (χ0) is 12.1. The summed E-state index contributed by atoms with van der Waals surface area (Å²) in [6.07, 6.45) is 6.02. The van der Waals surface area contributed by atoms with Crippen molar-refractivity contribution in [2.75, 3.05) is 25.7 Å². The number of nitrogens with two attached hydrogens (primary N) is 1. The van der Waals surface area contributed by atoms with Crippen LogP contribution < -0.4 is 16.0 Å². The van der Waals surface area contributed by atoms with E-state index in [9.17, 15) is 0 Å². The van der Waals surface area contributed by atoms with Gasteiger partial charge in [-0.1, -0.05) is 0 Å². The number of hydrogen-bond acceptors (Lipinski definition) is 6. The molecule has 0 aliphatic rings. The van der Waals surface area contributed by atoms with Crippen molar-refractivity contribution >= 4 is 11.5 Å². The Morgan fingerprint density at radius 2 is 2.35 bits per heavy atom. The van der Waals surface area contributed by atoms with E-state index < -0.39 is 0 Å². The number of nitrogens with one attached hydrogen (secondary N) is 1. The highest BCUT2D eigenvalue weighted by Gasteiger charge is 2.07. The summed E-state index contributed by atoms with van der Waals surface area (Å²) in [5, 5.41) is 0. The molecule has 17 heavy (non-hydrogen) atoms. The van der Waals surface area contributed by atoms with Crippen molar-refractivity contribution in [1.29, 1.82) is 0 Å². The number of imidazole rings is 1. The standard InChI is InChI=1S/C10H15N5O2/c1-16-5-2-6-17-10-9-12-3-4-15(9)7-8(13-10)14-11/h3-4,7,14H,2,5-6,11H2,1H3. The number of fused-ring (bicyclic) bond motifs is 1. The van der Waals surface area contributed by atoms with Gasteiger partial charge in [-0.05, 0) is 0 Å². The number of hydrazine groups is 1. The molecule has 0 aliphatic heterocycles. The minimum absolute atomic E-state index is 0.460. The molecule has 0 aromatic carbocycles. The van der Waals surface area contributed by atoms with E-state index in [4.69, 9.17) is 15.3 Å². The quantitative estimate of drug-likeness (QED) is 0.430. The molecule has 0 saturated carbocycles. The number of anilines is 1. The molecule has 0 fully saturated rings. The lowest BCUT2D eigenvalue weighted by molar-refractivity contribution is 0.171. The lowest BCUT2D eigenvalue weighted by Gasteiger charge is -2.08. The van der Waals surface area contributed by atoms with Crippen LogP contribution >= 0.6 is 0 Å². The van der Waals surface area contributed by atoms with Gasteiger partial charge < -0.3 is 14.9 Å². The maximum atomic E-state index is 5.55. The Labute approximate surface area is 98.5 Å². The summed E-state index contributed by atoms with van der Waals surface area (Å²) in [5.41, 5.74) is 3.15. The summed E-state index contributed by atoms with van der Waals surface area (Å²) in [5.74, 6) is 6.32. The van der Waals surface area contributed by atoms with Gasteiger partial charge in [0.05, 0.1) is 12.8 Å². The van der Waals surface area contributed by atoms with Gasteiger partial charge in [-0.3, -0.25) is 4.40 Å². The Hall–Kier alpha value is -1.86. The molecule has 0 radical (unpaired) electrons. The number of nitrogens with zero attached hydrogens (tertiary/aromatic N) is 3. The second kappa shape index (κ2) is 5.46. The van der Waals surface area contributed by atoms with Crippen molar-refractivity contribution in [1.82, 2.24) is 14.4 Å². The molecule has 0 amide bonds. The lowest BCUT2D eigenvalue weighted by Crippen LogP contribution is -2.11. The van der Waals surface area contributed by atoms with Crippen LogP contribution in [0.4, 0.5) is 5.82 Å². The predicted octanol–water partition coefficient (Wildman–Crippen LogP) is 0.430. The van der Waals surface area contributed by atoms with Crippen LogP contribution in [0.5, 0.6) is 5.88 Å². The molecule has 2 aromatic rings. The topological polar surface area (TPSA) is 86.7 Å². The van der Waals surface area contributed by atoms with Crippen LogP contribution in [0.15, 0.2) is 18.6 Å². The van der Waals surface area contributed by atoms with Gasteiger partial charge >= 0.3 is 0 Å². The SMILES string of the molecule is COCCCOc1nc(NN)cn2ccnc12. The largest absolute Gasteiger partial charge is 0.475 e. The first-order chi connectivity index (χ1) is 8.35. The zero-order valence-electron chi connectivity index (χ0n) is 9.59. The zero-order valence-corrected chi connectivity index (χ0v) is 9.59. The van der Waals surface area contributed by atoms with Gasteiger partial charge in [-0.2, -0.15) is 4.98 Å². The van der Waals surface area contributed by atoms with E-state index in [-0.39, 0.29) is 0 Å². The molecule has 0 saturated heterocycles. The van der Waals surface area contributed by atoms with Crippen LogP contribution in [0, 0.1) is 0 Å². The molecular weight excluding hydrogens is 222 g/mol. The van der Waals surface area contributed by atoms with Crippen LogP contribution in [0.1, 0.15) is 6.42 Å². The number of hydrogen-bond donors (Lipinski definition) is 2. The van der Waals surface area contributed by atoms with E-state index in [1.807, 2.05) is 0 Å². The van der Waals surface area contributed by atoms with Gasteiger partial charge in [0, 0.05) is 32.5 Å². The molecule has 0 atom stereocenters. The van der Waals surface area contributed by atoms with Crippen LogP contribution in [-0.2, 0) is 4.74 Å². The molecule has 0 aliphatic carbocycles. The fourth-order valence-electron chi connectivity index (χ4n) is 1.44. The third-order valence-electron chi connectivity index (χ3n) is 2.22. The molecule has 0 spiro atoms. The van der Waals surface area contributed by atoms with Crippen molar-refractivity contribution in [3.8, 4) is 5.88 Å². The highest BCUT2D eigenvalue weighted by Crippen LogP contribution is 2.18. The molecule has 2 rings (SSSR count). The first-order valence-corrected chi connectivity index (χ1v) is 5.27. The average Bonchev–Trinajstić information content (AvgIpc) is 2.82. The monoisotopic (exact) mass is 237 g/mol. The summed E-state index contributed by atoms with van der Waals surface area (Å²) in [6.45, 7) is 1.18. The molecule has 2 heterocycles. The first kappa shape index (κ1) is 11.6. The van der Waals surface area contributed by atoms with E-state index in [0.717, 1.165) is 6.42 Å². The van der Waals surface area contributed by atoms with Crippen LogP contribution in [-0.4, -0.2) is 34.7 Å². The molecule has 7 nitrogen and oxygen atoms in total. The molecule has 3 N–H and O–H groups in total. The summed E-state index contributed by atoms with van der Waals surface area (Å²) in [4.78, 5) is 8.38. The van der Waals surface area contributed by atoms with Gasteiger partial charge in [-0.25, -0.2) is 10.8 Å². The molecule has 92 valence electrons. The maximum Gasteiger partial charge on any atom is 0.260 e. The van der Waals surface area contributed by atoms with E-state index in [1.54, 1.807) is 30.1 Å². The molecule has 0 bridgehead atoms. The second-order valence-electron chi connectivity index (χ2n) is 3.43. The Kier molecular flexibility index (Phi) is 3.73. The van der Waals surface area contributed by atoms with Gasteiger partial charge in [-0.15, -0.1) is 0 Å².